The van der Waals surface area contributed by atoms with Crippen LogP contribution in [0.2, 0.25) is 0 Å². The Morgan fingerprint density at radius 1 is 0.861 bits per heavy atom. The Kier molecular flexibility index (Phi) is 10.5. The molecule has 9 N–H and O–H groups in total. The zero-order valence-corrected chi connectivity index (χ0v) is 20.7. The van der Waals surface area contributed by atoms with Gasteiger partial charge < -0.3 is 21.5 Å². The summed E-state index contributed by atoms with van der Waals surface area (Å²) in [7, 11) is -7.33. The van der Waals surface area contributed by atoms with Gasteiger partial charge in [0.05, 0.1) is 23.8 Å². The summed E-state index contributed by atoms with van der Waals surface area (Å²) in [6.45, 7) is 0. The number of amidine groups is 1. The zero-order valence-electron chi connectivity index (χ0n) is 19.1. The molecule has 0 aliphatic rings. The standard InChI is InChI=1S/C19H17N5O2.2CH4O3S/c20-17(21)13-6-5-12-10-14(8-7-11(12)9-13)26-18(25)15-3-1-2-4-16(15)24-19(22)23;2*1-5(2,3)4/h1-10H,(H3,20,21)(H4,22,23,24);2*1H3,(H,2,3,4). The number of hydrogen-bond donors (Lipinski definition) is 7. The predicted molar refractivity (Wildman–Crippen MR) is 137 cm³/mol. The van der Waals surface area contributed by atoms with Crippen LogP contribution < -0.4 is 21.5 Å². The van der Waals surface area contributed by atoms with Gasteiger partial charge in [0.25, 0.3) is 20.2 Å². The summed E-state index contributed by atoms with van der Waals surface area (Å²) < 4.78 is 57.2. The molecule has 0 unspecified atom stereocenters. The van der Waals surface area contributed by atoms with Crippen molar-refractivity contribution in [2.75, 3.05) is 17.8 Å². The number of esters is 1. The molecule has 0 fully saturated rings. The number of benzene rings is 3. The molecule has 0 saturated heterocycles. The Morgan fingerprint density at radius 3 is 1.89 bits per heavy atom. The van der Waals surface area contributed by atoms with E-state index in [0.717, 1.165) is 10.8 Å². The van der Waals surface area contributed by atoms with Gasteiger partial charge in [0.1, 0.15) is 11.6 Å². The molecule has 0 bridgehead atoms. The molecule has 0 spiro atoms. The largest absolute Gasteiger partial charge is 0.423 e. The number of nitrogens with two attached hydrogens (primary N) is 2. The summed E-state index contributed by atoms with van der Waals surface area (Å²) in [5, 5.41) is 19.2. The van der Waals surface area contributed by atoms with Crippen LogP contribution in [0, 0.1) is 10.8 Å². The van der Waals surface area contributed by atoms with Crippen LogP contribution in [0.5, 0.6) is 5.75 Å². The maximum Gasteiger partial charge on any atom is 0.345 e. The Hall–Kier alpha value is -4.05. The second-order valence-corrected chi connectivity index (χ2v) is 10.0. The molecule has 15 heteroatoms. The van der Waals surface area contributed by atoms with Crippen LogP contribution in [0.1, 0.15) is 15.9 Å². The Balaban J connectivity index is 0.000000550. The average molecular weight is 540 g/mol. The van der Waals surface area contributed by atoms with Crippen molar-refractivity contribution in [2.24, 2.45) is 11.5 Å². The third-order valence-electron chi connectivity index (χ3n) is 3.75. The van der Waals surface area contributed by atoms with Crippen molar-refractivity contribution < 1.29 is 35.5 Å². The van der Waals surface area contributed by atoms with Gasteiger partial charge in [-0.05, 0) is 41.1 Å². The van der Waals surface area contributed by atoms with Crippen molar-refractivity contribution in [3.63, 3.8) is 0 Å². The van der Waals surface area contributed by atoms with Crippen molar-refractivity contribution in [1.29, 1.82) is 10.8 Å². The number of nitrogen functional groups attached to an aromatic ring is 1. The maximum atomic E-state index is 12.5. The van der Waals surface area contributed by atoms with Gasteiger partial charge in [-0.25, -0.2) is 4.79 Å². The highest BCUT2D eigenvalue weighted by Crippen LogP contribution is 2.24. The van der Waals surface area contributed by atoms with Gasteiger partial charge in [0.15, 0.2) is 5.96 Å². The molecular formula is C21H25N5O8S2. The van der Waals surface area contributed by atoms with Crippen molar-refractivity contribution >= 4 is 54.5 Å². The fourth-order valence-electron chi connectivity index (χ4n) is 2.53. The molecule has 0 amide bonds. The normalized spacial score (nSPS) is 10.7. The number of anilines is 1. The third-order valence-corrected chi connectivity index (χ3v) is 3.75. The number of fused-ring (bicyclic) bond motifs is 1. The molecule has 3 aromatic rings. The smallest absolute Gasteiger partial charge is 0.345 e. The topological polar surface area (TPSA) is 247 Å². The molecule has 0 heterocycles. The zero-order chi connectivity index (χ0) is 27.7. The first-order chi connectivity index (χ1) is 16.4. The number of para-hydroxylation sites is 1. The fourth-order valence-corrected chi connectivity index (χ4v) is 2.53. The summed E-state index contributed by atoms with van der Waals surface area (Å²) in [5.41, 5.74) is 12.1. The molecule has 0 saturated carbocycles. The number of guanidine groups is 1. The van der Waals surface area contributed by atoms with E-state index in [4.69, 9.17) is 36.1 Å². The first kappa shape index (κ1) is 30.0. The van der Waals surface area contributed by atoms with Crippen LogP contribution in [0.3, 0.4) is 0 Å². The Labute approximate surface area is 207 Å². The van der Waals surface area contributed by atoms with Crippen LogP contribution in [0.15, 0.2) is 60.7 Å². The van der Waals surface area contributed by atoms with Gasteiger partial charge in [-0.2, -0.15) is 16.8 Å². The van der Waals surface area contributed by atoms with E-state index >= 15 is 0 Å². The van der Waals surface area contributed by atoms with Gasteiger partial charge in [-0.15, -0.1) is 0 Å². The lowest BCUT2D eigenvalue weighted by atomic mass is 10.1. The first-order valence-electron chi connectivity index (χ1n) is 9.59. The van der Waals surface area contributed by atoms with Crippen molar-refractivity contribution in [3.8, 4) is 5.75 Å². The molecular weight excluding hydrogens is 514 g/mol. The van der Waals surface area contributed by atoms with Gasteiger partial charge in [0, 0.05) is 5.56 Å². The molecule has 194 valence electrons. The van der Waals surface area contributed by atoms with Gasteiger partial charge in [0.2, 0.25) is 0 Å². The van der Waals surface area contributed by atoms with E-state index in [1.54, 1.807) is 54.6 Å². The van der Waals surface area contributed by atoms with Gasteiger partial charge in [-0.1, -0.05) is 30.3 Å². The minimum atomic E-state index is -3.67. The molecule has 0 aliphatic heterocycles. The lowest BCUT2D eigenvalue weighted by Gasteiger charge is -2.11. The lowest BCUT2D eigenvalue weighted by Crippen LogP contribution is -2.22. The van der Waals surface area contributed by atoms with Crippen molar-refractivity contribution in [1.82, 2.24) is 0 Å². The quantitative estimate of drug-likeness (QED) is 0.0825. The van der Waals surface area contributed by atoms with Crippen LogP contribution in [-0.2, 0) is 20.2 Å². The maximum absolute atomic E-state index is 12.5. The first-order valence-corrected chi connectivity index (χ1v) is 13.3. The van der Waals surface area contributed by atoms with E-state index in [-0.39, 0.29) is 17.4 Å². The number of carbonyl (C=O) groups excluding carboxylic acids is 1. The van der Waals surface area contributed by atoms with Crippen molar-refractivity contribution in [2.45, 2.75) is 0 Å². The van der Waals surface area contributed by atoms with Gasteiger partial charge in [-0.3, -0.25) is 19.9 Å². The van der Waals surface area contributed by atoms with E-state index in [1.807, 2.05) is 6.07 Å². The molecule has 13 nitrogen and oxygen atoms in total. The van der Waals surface area contributed by atoms with Crippen LogP contribution in [0.4, 0.5) is 5.69 Å². The monoisotopic (exact) mass is 539 g/mol. The third kappa shape index (κ3) is 12.4. The second-order valence-electron chi connectivity index (χ2n) is 7.08. The predicted octanol–water partition coefficient (Wildman–Crippen LogP) is 1.66. The van der Waals surface area contributed by atoms with E-state index in [1.165, 1.54) is 0 Å². The molecule has 3 aromatic carbocycles. The highest BCUT2D eigenvalue weighted by atomic mass is 32.2. The lowest BCUT2D eigenvalue weighted by molar-refractivity contribution is 0.0736. The Bertz CT molecular complexity index is 1440. The second kappa shape index (κ2) is 12.6. The van der Waals surface area contributed by atoms with Crippen LogP contribution >= 0.6 is 0 Å². The summed E-state index contributed by atoms with van der Waals surface area (Å²) in [6.07, 6.45) is 1.43. The van der Waals surface area contributed by atoms with Crippen molar-refractivity contribution in [3.05, 3.63) is 71.8 Å². The van der Waals surface area contributed by atoms with E-state index in [9.17, 15) is 21.6 Å². The molecule has 0 aliphatic carbocycles. The fraction of sp³-hybridized carbons (Fsp3) is 0.0952. The van der Waals surface area contributed by atoms with E-state index < -0.39 is 26.2 Å². The van der Waals surface area contributed by atoms with Gasteiger partial charge >= 0.3 is 5.97 Å². The molecule has 36 heavy (non-hydrogen) atoms. The van der Waals surface area contributed by atoms with Crippen LogP contribution in [-0.4, -0.2) is 56.2 Å². The molecule has 0 atom stereocenters. The summed E-state index contributed by atoms with van der Waals surface area (Å²) in [5.74, 6) is -0.445. The summed E-state index contributed by atoms with van der Waals surface area (Å²) >= 11 is 0. The highest BCUT2D eigenvalue weighted by Gasteiger charge is 2.14. The number of hydrogen-bond acceptors (Lipinski definition) is 8. The summed E-state index contributed by atoms with van der Waals surface area (Å²) in [4.78, 5) is 12.5. The minimum absolute atomic E-state index is 0.00279. The number of nitrogens with one attached hydrogen (secondary N) is 3. The van der Waals surface area contributed by atoms with E-state index in [0.29, 0.717) is 29.5 Å². The highest BCUT2D eigenvalue weighted by molar-refractivity contribution is 7.85. The molecule has 0 radical (unpaired) electrons. The number of carbonyl (C=O) groups is 1. The summed E-state index contributed by atoms with van der Waals surface area (Å²) in [6, 6.07) is 17.2. The number of rotatable bonds is 4. The number of ether oxygens (including phenoxy) is 1. The van der Waals surface area contributed by atoms with Crippen LogP contribution in [0.25, 0.3) is 10.8 Å². The average Bonchev–Trinajstić information content (AvgIpc) is 2.70. The SMILES string of the molecule is CS(=O)(=O)O.CS(=O)(=O)O.N=C(N)Nc1ccccc1C(=O)Oc1ccc2cc(C(=N)N)ccc2c1. The Morgan fingerprint density at radius 2 is 1.36 bits per heavy atom. The molecule has 3 rings (SSSR count). The minimum Gasteiger partial charge on any atom is -0.423 e. The van der Waals surface area contributed by atoms with E-state index in [2.05, 4.69) is 5.32 Å². The molecule has 0 aromatic heterocycles.